The fraction of sp³-hybridized carbons (Fsp3) is 0.158. The largest absolute Gasteiger partial charge is 0.325 e. The van der Waals surface area contributed by atoms with E-state index < -0.39 is 0 Å². The second-order valence-corrected chi connectivity index (χ2v) is 5.86. The molecule has 124 valence electrons. The van der Waals surface area contributed by atoms with Crippen LogP contribution in [-0.4, -0.2) is 27.6 Å². The van der Waals surface area contributed by atoms with Crippen LogP contribution in [-0.2, 0) is 6.42 Å². The number of carbonyl (C=O) groups is 1. The molecule has 3 aromatic rings. The Balaban J connectivity index is 1.52. The molecule has 0 fully saturated rings. The zero-order valence-corrected chi connectivity index (χ0v) is 13.6. The number of benzene rings is 1. The molecule has 0 saturated heterocycles. The summed E-state index contributed by atoms with van der Waals surface area (Å²) < 4.78 is 0. The van der Waals surface area contributed by atoms with Crippen molar-refractivity contribution in [3.05, 3.63) is 72.1 Å². The summed E-state index contributed by atoms with van der Waals surface area (Å²) in [5, 5.41) is 11.2. The van der Waals surface area contributed by atoms with Crippen molar-refractivity contribution in [2.45, 2.75) is 12.8 Å². The molecule has 3 heterocycles. The van der Waals surface area contributed by atoms with Crippen LogP contribution in [0.15, 0.2) is 60.9 Å². The van der Waals surface area contributed by atoms with Gasteiger partial charge in [0.25, 0.3) is 5.91 Å². The van der Waals surface area contributed by atoms with Gasteiger partial charge in [-0.3, -0.25) is 9.78 Å². The molecule has 6 nitrogen and oxygen atoms in total. The van der Waals surface area contributed by atoms with Crippen LogP contribution >= 0.6 is 0 Å². The number of aryl methyl sites for hydroxylation is 1. The maximum Gasteiger partial charge on any atom is 0.258 e. The Morgan fingerprint density at radius 2 is 1.96 bits per heavy atom. The van der Waals surface area contributed by atoms with Gasteiger partial charge in [0.15, 0.2) is 11.6 Å². The first-order valence-corrected chi connectivity index (χ1v) is 8.22. The maximum absolute atomic E-state index is 12.1. The third kappa shape index (κ3) is 3.19. The Labute approximate surface area is 145 Å². The number of para-hydroxylation sites is 1. The van der Waals surface area contributed by atoms with Gasteiger partial charge in [-0.1, -0.05) is 18.2 Å². The summed E-state index contributed by atoms with van der Waals surface area (Å²) in [5.41, 5.74) is 2.98. The standard InChI is InChI=1S/C19H17N5O/c25-19(15-6-3-11-20-13-15)21-17-9-10-18(23-22-17)24-12-4-7-14-5-1-2-8-16(14)24/h1-3,5-6,8-11,13H,4,7,12H2,(H,21,22,25). The summed E-state index contributed by atoms with van der Waals surface area (Å²) in [6.45, 7) is 0.910. The maximum atomic E-state index is 12.1. The summed E-state index contributed by atoms with van der Waals surface area (Å²) >= 11 is 0. The van der Waals surface area contributed by atoms with Crippen LogP contribution in [0.3, 0.4) is 0 Å². The molecule has 0 aliphatic carbocycles. The summed E-state index contributed by atoms with van der Waals surface area (Å²) in [5.74, 6) is 0.952. The number of pyridine rings is 1. The first-order chi connectivity index (χ1) is 12.3. The number of hydrogen-bond donors (Lipinski definition) is 1. The van der Waals surface area contributed by atoms with Gasteiger partial charge in [0.2, 0.25) is 0 Å². The van der Waals surface area contributed by atoms with Gasteiger partial charge in [-0.05, 0) is 48.7 Å². The molecule has 0 atom stereocenters. The molecule has 0 bridgehead atoms. The molecule has 1 N–H and O–H groups in total. The normalized spacial score (nSPS) is 13.2. The fourth-order valence-electron chi connectivity index (χ4n) is 2.99. The molecule has 25 heavy (non-hydrogen) atoms. The molecular formula is C19H17N5O. The lowest BCUT2D eigenvalue weighted by Gasteiger charge is -2.29. The second kappa shape index (κ2) is 6.68. The highest BCUT2D eigenvalue weighted by Crippen LogP contribution is 2.31. The fourth-order valence-corrected chi connectivity index (χ4v) is 2.99. The minimum atomic E-state index is -0.251. The molecule has 4 rings (SSSR count). The molecule has 6 heteroatoms. The van der Waals surface area contributed by atoms with Crippen molar-refractivity contribution in [2.75, 3.05) is 16.8 Å². The monoisotopic (exact) mass is 331 g/mol. The smallest absolute Gasteiger partial charge is 0.258 e. The van der Waals surface area contributed by atoms with Crippen molar-refractivity contribution >= 4 is 23.2 Å². The predicted octanol–water partition coefficient (Wildman–Crippen LogP) is 3.21. The van der Waals surface area contributed by atoms with E-state index in [1.54, 1.807) is 24.4 Å². The van der Waals surface area contributed by atoms with E-state index in [4.69, 9.17) is 0 Å². The van der Waals surface area contributed by atoms with E-state index in [1.165, 1.54) is 17.4 Å². The highest BCUT2D eigenvalue weighted by molar-refractivity contribution is 6.03. The number of hydrogen-bond acceptors (Lipinski definition) is 5. The topological polar surface area (TPSA) is 71.0 Å². The molecule has 0 unspecified atom stereocenters. The number of amides is 1. The van der Waals surface area contributed by atoms with E-state index in [1.807, 2.05) is 12.1 Å². The zero-order chi connectivity index (χ0) is 17.1. The second-order valence-electron chi connectivity index (χ2n) is 5.86. The van der Waals surface area contributed by atoms with Crippen LogP contribution in [0, 0.1) is 0 Å². The van der Waals surface area contributed by atoms with E-state index in [2.05, 4.69) is 43.6 Å². The minimum absolute atomic E-state index is 0.251. The molecular weight excluding hydrogens is 314 g/mol. The van der Waals surface area contributed by atoms with Crippen molar-refractivity contribution < 1.29 is 4.79 Å². The minimum Gasteiger partial charge on any atom is -0.325 e. The SMILES string of the molecule is O=C(Nc1ccc(N2CCCc3ccccc32)nn1)c1cccnc1. The van der Waals surface area contributed by atoms with Crippen molar-refractivity contribution in [3.63, 3.8) is 0 Å². The highest BCUT2D eigenvalue weighted by Gasteiger charge is 2.19. The van der Waals surface area contributed by atoms with E-state index >= 15 is 0 Å². The van der Waals surface area contributed by atoms with Crippen molar-refractivity contribution in [1.29, 1.82) is 0 Å². The van der Waals surface area contributed by atoms with Crippen molar-refractivity contribution in [2.24, 2.45) is 0 Å². The first kappa shape index (κ1) is 15.3. The van der Waals surface area contributed by atoms with Gasteiger partial charge < -0.3 is 10.2 Å². The van der Waals surface area contributed by atoms with Gasteiger partial charge in [-0.2, -0.15) is 0 Å². The van der Waals surface area contributed by atoms with E-state index in [0.717, 1.165) is 25.2 Å². The lowest BCUT2D eigenvalue weighted by molar-refractivity contribution is 0.102. The van der Waals surface area contributed by atoms with Gasteiger partial charge in [0.05, 0.1) is 5.56 Å². The Morgan fingerprint density at radius 1 is 1.04 bits per heavy atom. The summed E-state index contributed by atoms with van der Waals surface area (Å²) in [6.07, 6.45) is 5.31. The zero-order valence-electron chi connectivity index (χ0n) is 13.6. The first-order valence-electron chi connectivity index (χ1n) is 8.22. The molecule has 0 spiro atoms. The number of fused-ring (bicyclic) bond motifs is 1. The lowest BCUT2D eigenvalue weighted by atomic mass is 10.0. The van der Waals surface area contributed by atoms with E-state index in [9.17, 15) is 4.79 Å². The number of anilines is 3. The quantitative estimate of drug-likeness (QED) is 0.798. The van der Waals surface area contributed by atoms with E-state index in [-0.39, 0.29) is 5.91 Å². The average Bonchev–Trinajstić information content (AvgIpc) is 2.69. The van der Waals surface area contributed by atoms with Crippen molar-refractivity contribution in [3.8, 4) is 0 Å². The number of nitrogens with one attached hydrogen (secondary N) is 1. The van der Waals surface area contributed by atoms with Gasteiger partial charge >= 0.3 is 0 Å². The van der Waals surface area contributed by atoms with Crippen LogP contribution in [0.2, 0.25) is 0 Å². The van der Waals surface area contributed by atoms with Crippen LogP contribution in [0.4, 0.5) is 17.3 Å². The van der Waals surface area contributed by atoms with Gasteiger partial charge in [0, 0.05) is 24.6 Å². The number of aromatic nitrogens is 3. The molecule has 1 aliphatic heterocycles. The Bertz CT molecular complexity index is 880. The summed E-state index contributed by atoms with van der Waals surface area (Å²) in [7, 11) is 0. The highest BCUT2D eigenvalue weighted by atomic mass is 16.1. The number of nitrogens with zero attached hydrogens (tertiary/aromatic N) is 4. The summed E-state index contributed by atoms with van der Waals surface area (Å²) in [4.78, 5) is 18.2. The Hall–Kier alpha value is -3.28. The van der Waals surface area contributed by atoms with Gasteiger partial charge in [-0.15, -0.1) is 10.2 Å². The summed E-state index contributed by atoms with van der Waals surface area (Å²) in [6, 6.07) is 15.4. The predicted molar refractivity (Wildman–Crippen MR) is 96.0 cm³/mol. The molecule has 1 amide bonds. The third-order valence-corrected chi connectivity index (χ3v) is 4.20. The van der Waals surface area contributed by atoms with Gasteiger partial charge in [0.1, 0.15) is 0 Å². The van der Waals surface area contributed by atoms with Crippen molar-refractivity contribution in [1.82, 2.24) is 15.2 Å². The lowest BCUT2D eigenvalue weighted by Crippen LogP contribution is -2.25. The van der Waals surface area contributed by atoms with Crippen LogP contribution < -0.4 is 10.2 Å². The van der Waals surface area contributed by atoms with Crippen LogP contribution in [0.5, 0.6) is 0 Å². The Morgan fingerprint density at radius 3 is 2.76 bits per heavy atom. The number of carbonyl (C=O) groups excluding carboxylic acids is 1. The molecule has 1 aromatic carbocycles. The van der Waals surface area contributed by atoms with Crippen LogP contribution in [0.1, 0.15) is 22.3 Å². The van der Waals surface area contributed by atoms with Crippen LogP contribution in [0.25, 0.3) is 0 Å². The Kier molecular flexibility index (Phi) is 4.08. The molecule has 1 aliphatic rings. The molecule has 0 saturated carbocycles. The number of rotatable bonds is 3. The molecule has 2 aromatic heterocycles. The third-order valence-electron chi connectivity index (χ3n) is 4.20. The molecule has 0 radical (unpaired) electrons. The average molecular weight is 331 g/mol. The van der Waals surface area contributed by atoms with Gasteiger partial charge in [-0.25, -0.2) is 0 Å². The van der Waals surface area contributed by atoms with E-state index in [0.29, 0.717) is 11.4 Å².